The van der Waals surface area contributed by atoms with E-state index in [9.17, 15) is 4.79 Å². The van der Waals surface area contributed by atoms with Crippen LogP contribution in [0.3, 0.4) is 0 Å². The van der Waals surface area contributed by atoms with Crippen molar-refractivity contribution in [3.63, 3.8) is 0 Å². The molecule has 0 unspecified atom stereocenters. The van der Waals surface area contributed by atoms with Crippen molar-refractivity contribution < 1.29 is 18.7 Å². The van der Waals surface area contributed by atoms with Crippen molar-refractivity contribution in [3.05, 3.63) is 63.6 Å². The molecule has 2 aromatic heterocycles. The van der Waals surface area contributed by atoms with Crippen LogP contribution in [0.25, 0.3) is 11.1 Å². The second kappa shape index (κ2) is 10.1. The summed E-state index contributed by atoms with van der Waals surface area (Å²) in [6.45, 7) is 2.52. The maximum Gasteiger partial charge on any atom is 0.270 e. The summed E-state index contributed by atoms with van der Waals surface area (Å²) in [6, 6.07) is 11.7. The molecular weight excluding hydrogens is 446 g/mol. The normalized spacial score (nSPS) is 11.0. The Hall–Kier alpha value is -3.04. The van der Waals surface area contributed by atoms with E-state index in [2.05, 4.69) is 15.3 Å². The molecule has 4 aromatic rings. The third-order valence-corrected chi connectivity index (χ3v) is 6.65. The number of carbonyl (C=O) groups is 1. The van der Waals surface area contributed by atoms with E-state index in [-0.39, 0.29) is 5.91 Å². The summed E-state index contributed by atoms with van der Waals surface area (Å²) in [5.41, 5.74) is 4.23. The number of thioether (sulfide) groups is 1. The standard InChI is InChI=1S/C23H23N3O4S2/c1-14-4-6-18-16(10-14)26-23(30-18)32-13-21-25-17(12-31-21)22(27)24-9-8-15-5-7-19(28-2)20(11-15)29-3/h4-7,10-12H,8-9,13H2,1-3H3,(H,24,27). The van der Waals surface area contributed by atoms with Crippen molar-refractivity contribution in [2.45, 2.75) is 24.3 Å². The van der Waals surface area contributed by atoms with Crippen molar-refractivity contribution >= 4 is 40.1 Å². The lowest BCUT2D eigenvalue weighted by molar-refractivity contribution is 0.0949. The van der Waals surface area contributed by atoms with Gasteiger partial charge in [0.15, 0.2) is 17.1 Å². The Morgan fingerprint density at radius 2 is 1.97 bits per heavy atom. The van der Waals surface area contributed by atoms with Crippen LogP contribution in [0.5, 0.6) is 11.5 Å². The van der Waals surface area contributed by atoms with Gasteiger partial charge in [-0.15, -0.1) is 11.3 Å². The number of thiazole rings is 1. The Bertz CT molecular complexity index is 1240. The summed E-state index contributed by atoms with van der Waals surface area (Å²) >= 11 is 2.92. The molecule has 0 saturated heterocycles. The molecule has 32 heavy (non-hydrogen) atoms. The molecule has 0 aliphatic heterocycles. The molecule has 0 radical (unpaired) electrons. The number of fused-ring (bicyclic) bond motifs is 1. The van der Waals surface area contributed by atoms with E-state index in [4.69, 9.17) is 13.9 Å². The van der Waals surface area contributed by atoms with Crippen LogP contribution >= 0.6 is 23.1 Å². The fraction of sp³-hybridized carbons (Fsp3) is 0.261. The number of methoxy groups -OCH3 is 2. The highest BCUT2D eigenvalue weighted by atomic mass is 32.2. The Kier molecular flexibility index (Phi) is 6.96. The third-order valence-electron chi connectivity index (χ3n) is 4.77. The zero-order valence-electron chi connectivity index (χ0n) is 18.0. The van der Waals surface area contributed by atoms with Gasteiger partial charge in [-0.25, -0.2) is 9.97 Å². The van der Waals surface area contributed by atoms with Crippen LogP contribution in [-0.4, -0.2) is 36.6 Å². The van der Waals surface area contributed by atoms with Crippen molar-refractivity contribution in [1.29, 1.82) is 0 Å². The molecule has 0 aliphatic carbocycles. The summed E-state index contributed by atoms with van der Waals surface area (Å²) in [5, 5.41) is 6.14. The number of nitrogens with zero attached hydrogens (tertiary/aromatic N) is 2. The molecule has 2 aromatic carbocycles. The smallest absolute Gasteiger partial charge is 0.270 e. The first-order valence-corrected chi connectivity index (χ1v) is 11.9. The molecule has 2 heterocycles. The SMILES string of the molecule is COc1ccc(CCNC(=O)c2csc(CSc3nc4cc(C)ccc4o3)n2)cc1OC. The number of aryl methyl sites for hydroxylation is 1. The Morgan fingerprint density at radius 3 is 2.78 bits per heavy atom. The number of rotatable bonds is 9. The molecule has 4 rings (SSSR count). The van der Waals surface area contributed by atoms with E-state index in [1.807, 2.05) is 43.3 Å². The molecule has 0 atom stereocenters. The number of benzene rings is 2. The van der Waals surface area contributed by atoms with Gasteiger partial charge in [-0.05, 0) is 48.7 Å². The summed E-state index contributed by atoms with van der Waals surface area (Å²) in [4.78, 5) is 21.4. The van der Waals surface area contributed by atoms with Gasteiger partial charge in [0.2, 0.25) is 0 Å². The highest BCUT2D eigenvalue weighted by molar-refractivity contribution is 7.98. The van der Waals surface area contributed by atoms with Gasteiger partial charge in [0, 0.05) is 11.9 Å². The van der Waals surface area contributed by atoms with Crippen LogP contribution in [0.2, 0.25) is 0 Å². The van der Waals surface area contributed by atoms with Crippen molar-refractivity contribution in [2.24, 2.45) is 0 Å². The molecule has 7 nitrogen and oxygen atoms in total. The van der Waals surface area contributed by atoms with Crippen LogP contribution in [0, 0.1) is 6.92 Å². The van der Waals surface area contributed by atoms with E-state index in [0.29, 0.717) is 41.1 Å². The number of amides is 1. The number of aromatic nitrogens is 2. The van der Waals surface area contributed by atoms with Crippen molar-refractivity contribution in [3.8, 4) is 11.5 Å². The zero-order valence-corrected chi connectivity index (χ0v) is 19.6. The Morgan fingerprint density at radius 1 is 1.12 bits per heavy atom. The predicted octanol–water partition coefficient (Wildman–Crippen LogP) is 4.87. The number of hydrogen-bond donors (Lipinski definition) is 1. The molecule has 9 heteroatoms. The van der Waals surface area contributed by atoms with Gasteiger partial charge in [0.1, 0.15) is 16.2 Å². The van der Waals surface area contributed by atoms with Gasteiger partial charge in [-0.1, -0.05) is 23.9 Å². The average Bonchev–Trinajstić information content (AvgIpc) is 3.44. The lowest BCUT2D eigenvalue weighted by Crippen LogP contribution is -2.26. The van der Waals surface area contributed by atoms with Gasteiger partial charge >= 0.3 is 0 Å². The molecule has 0 bridgehead atoms. The van der Waals surface area contributed by atoms with Crippen LogP contribution in [-0.2, 0) is 12.2 Å². The second-order valence-corrected chi connectivity index (χ2v) is 8.93. The zero-order chi connectivity index (χ0) is 22.5. The number of nitrogens with one attached hydrogen (secondary N) is 1. The minimum absolute atomic E-state index is 0.185. The lowest BCUT2D eigenvalue weighted by Gasteiger charge is -2.09. The predicted molar refractivity (Wildman–Crippen MR) is 126 cm³/mol. The van der Waals surface area contributed by atoms with Crippen molar-refractivity contribution in [2.75, 3.05) is 20.8 Å². The lowest BCUT2D eigenvalue weighted by atomic mass is 10.1. The topological polar surface area (TPSA) is 86.5 Å². The fourth-order valence-electron chi connectivity index (χ4n) is 3.13. The minimum atomic E-state index is -0.185. The first-order chi connectivity index (χ1) is 15.6. The highest BCUT2D eigenvalue weighted by Gasteiger charge is 2.13. The van der Waals surface area contributed by atoms with Gasteiger partial charge < -0.3 is 19.2 Å². The van der Waals surface area contributed by atoms with Crippen LogP contribution < -0.4 is 14.8 Å². The molecule has 0 aliphatic rings. The molecular formula is C23H23N3O4S2. The molecule has 1 N–H and O–H groups in total. The largest absolute Gasteiger partial charge is 0.493 e. The van der Waals surface area contributed by atoms with Gasteiger partial charge in [-0.3, -0.25) is 4.79 Å². The number of oxazole rings is 1. The van der Waals surface area contributed by atoms with Crippen LogP contribution in [0.15, 0.2) is 51.4 Å². The second-order valence-electron chi connectivity index (χ2n) is 7.06. The maximum absolute atomic E-state index is 12.4. The summed E-state index contributed by atoms with van der Waals surface area (Å²) in [5.74, 6) is 1.76. The van der Waals surface area contributed by atoms with E-state index in [1.54, 1.807) is 19.6 Å². The quantitative estimate of drug-likeness (QED) is 0.350. The third kappa shape index (κ3) is 5.23. The summed E-state index contributed by atoms with van der Waals surface area (Å²) in [7, 11) is 3.21. The number of hydrogen-bond acceptors (Lipinski definition) is 8. The Balaban J connectivity index is 1.28. The molecule has 0 spiro atoms. The van der Waals surface area contributed by atoms with Crippen LogP contribution in [0.4, 0.5) is 0 Å². The van der Waals surface area contributed by atoms with E-state index in [0.717, 1.165) is 27.2 Å². The molecule has 0 fully saturated rings. The number of ether oxygens (including phenoxy) is 2. The maximum atomic E-state index is 12.4. The highest BCUT2D eigenvalue weighted by Crippen LogP contribution is 2.28. The molecule has 1 amide bonds. The fourth-order valence-corrected chi connectivity index (χ4v) is 4.76. The molecule has 0 saturated carbocycles. The number of carbonyl (C=O) groups excluding carboxylic acids is 1. The monoisotopic (exact) mass is 469 g/mol. The Labute approximate surface area is 194 Å². The summed E-state index contributed by atoms with van der Waals surface area (Å²) < 4.78 is 16.3. The average molecular weight is 470 g/mol. The van der Waals surface area contributed by atoms with Gasteiger partial charge in [0.05, 0.1) is 20.0 Å². The first kappa shape index (κ1) is 22.2. The van der Waals surface area contributed by atoms with Crippen LogP contribution in [0.1, 0.15) is 26.6 Å². The van der Waals surface area contributed by atoms with E-state index >= 15 is 0 Å². The van der Waals surface area contributed by atoms with E-state index in [1.165, 1.54) is 23.1 Å². The van der Waals surface area contributed by atoms with Gasteiger partial charge in [-0.2, -0.15) is 0 Å². The first-order valence-electron chi connectivity index (χ1n) is 9.99. The van der Waals surface area contributed by atoms with Crippen molar-refractivity contribution in [1.82, 2.24) is 15.3 Å². The molecule has 166 valence electrons. The minimum Gasteiger partial charge on any atom is -0.493 e. The van der Waals surface area contributed by atoms with E-state index < -0.39 is 0 Å². The van der Waals surface area contributed by atoms with Gasteiger partial charge in [0.25, 0.3) is 11.1 Å². The summed E-state index contributed by atoms with van der Waals surface area (Å²) in [6.07, 6.45) is 0.677.